The van der Waals surface area contributed by atoms with Gasteiger partial charge < -0.3 is 15.6 Å². The maximum Gasteiger partial charge on any atom is 0.119 e. The van der Waals surface area contributed by atoms with Gasteiger partial charge in [-0.05, 0) is 37.0 Å². The van der Waals surface area contributed by atoms with Gasteiger partial charge in [-0.15, -0.1) is 0 Å². The average molecular weight is 278 g/mol. The third-order valence-corrected chi connectivity index (χ3v) is 3.96. The van der Waals surface area contributed by atoms with Gasteiger partial charge in [0.2, 0.25) is 0 Å². The number of ether oxygens (including phenoxy) is 1. The molecule has 3 atom stereocenters. The Kier molecular flexibility index (Phi) is 5.40. The summed E-state index contributed by atoms with van der Waals surface area (Å²) in [5, 5.41) is 10.1. The number of benzene rings is 1. The van der Waals surface area contributed by atoms with Gasteiger partial charge in [0, 0.05) is 25.7 Å². The van der Waals surface area contributed by atoms with Crippen LogP contribution in [0.4, 0.5) is 0 Å². The number of hydrogen-bond acceptors (Lipinski definition) is 4. The zero-order chi connectivity index (χ0) is 14.5. The van der Waals surface area contributed by atoms with Gasteiger partial charge in [-0.2, -0.15) is 0 Å². The zero-order valence-corrected chi connectivity index (χ0v) is 12.5. The molecule has 1 aliphatic heterocycles. The Morgan fingerprint density at radius 3 is 2.60 bits per heavy atom. The Labute approximate surface area is 121 Å². The molecule has 0 radical (unpaired) electrons. The molecule has 20 heavy (non-hydrogen) atoms. The topological polar surface area (TPSA) is 58.7 Å². The summed E-state index contributed by atoms with van der Waals surface area (Å²) in [5.41, 5.74) is 6.63. The summed E-state index contributed by atoms with van der Waals surface area (Å²) >= 11 is 0. The van der Waals surface area contributed by atoms with Crippen LogP contribution in [-0.4, -0.2) is 41.8 Å². The number of aliphatic hydroxyl groups is 1. The van der Waals surface area contributed by atoms with Crippen molar-refractivity contribution >= 4 is 0 Å². The molecule has 0 aromatic heterocycles. The fourth-order valence-electron chi connectivity index (χ4n) is 2.88. The molecule has 1 aliphatic rings. The van der Waals surface area contributed by atoms with E-state index in [2.05, 4.69) is 18.7 Å². The first-order valence-electron chi connectivity index (χ1n) is 7.42. The van der Waals surface area contributed by atoms with E-state index in [1.54, 1.807) is 0 Å². The van der Waals surface area contributed by atoms with Crippen molar-refractivity contribution in [1.82, 2.24) is 4.90 Å². The Morgan fingerprint density at radius 2 is 2.05 bits per heavy atom. The minimum atomic E-state index is -0.447. The van der Waals surface area contributed by atoms with Crippen molar-refractivity contribution in [3.8, 4) is 5.75 Å². The first kappa shape index (κ1) is 15.3. The van der Waals surface area contributed by atoms with Gasteiger partial charge >= 0.3 is 0 Å². The first-order chi connectivity index (χ1) is 9.58. The van der Waals surface area contributed by atoms with Gasteiger partial charge in [-0.1, -0.05) is 19.1 Å². The Balaban J connectivity index is 1.75. The van der Waals surface area contributed by atoms with Gasteiger partial charge in [0.15, 0.2) is 0 Å². The largest absolute Gasteiger partial charge is 0.491 e. The standard InChI is InChI=1S/C16H26N2O2/c1-12-7-13(2)18(9-12)10-15(19)11-20-16-5-3-14(8-17)4-6-16/h3-6,12-13,15,19H,7-11,17H2,1-2H3. The van der Waals surface area contributed by atoms with Gasteiger partial charge in [-0.3, -0.25) is 4.90 Å². The lowest BCUT2D eigenvalue weighted by molar-refractivity contribution is 0.0655. The molecule has 2 rings (SSSR count). The smallest absolute Gasteiger partial charge is 0.119 e. The number of nitrogens with two attached hydrogens (primary N) is 1. The lowest BCUT2D eigenvalue weighted by Crippen LogP contribution is -2.37. The Hall–Kier alpha value is -1.10. The highest BCUT2D eigenvalue weighted by atomic mass is 16.5. The number of likely N-dealkylation sites (tertiary alicyclic amines) is 1. The van der Waals surface area contributed by atoms with Crippen LogP contribution >= 0.6 is 0 Å². The molecule has 0 spiro atoms. The van der Waals surface area contributed by atoms with Crippen molar-refractivity contribution in [1.29, 1.82) is 0 Å². The molecule has 3 N–H and O–H groups in total. The van der Waals surface area contributed by atoms with Crippen LogP contribution in [0.15, 0.2) is 24.3 Å². The third-order valence-electron chi connectivity index (χ3n) is 3.96. The highest BCUT2D eigenvalue weighted by molar-refractivity contribution is 5.27. The van der Waals surface area contributed by atoms with Crippen LogP contribution in [0.2, 0.25) is 0 Å². The summed E-state index contributed by atoms with van der Waals surface area (Å²) in [4.78, 5) is 2.34. The van der Waals surface area contributed by atoms with E-state index >= 15 is 0 Å². The summed E-state index contributed by atoms with van der Waals surface area (Å²) < 4.78 is 5.62. The van der Waals surface area contributed by atoms with Crippen molar-refractivity contribution in [2.45, 2.75) is 39.0 Å². The Bertz CT molecular complexity index is 407. The van der Waals surface area contributed by atoms with Gasteiger partial charge in [0.1, 0.15) is 18.5 Å². The molecule has 0 amide bonds. The van der Waals surface area contributed by atoms with E-state index in [0.29, 0.717) is 25.7 Å². The maximum atomic E-state index is 10.1. The highest BCUT2D eigenvalue weighted by Crippen LogP contribution is 2.22. The summed E-state index contributed by atoms with van der Waals surface area (Å²) in [7, 11) is 0. The predicted molar refractivity (Wildman–Crippen MR) is 80.7 cm³/mol. The second-order valence-corrected chi connectivity index (χ2v) is 5.96. The molecule has 1 aromatic carbocycles. The summed E-state index contributed by atoms with van der Waals surface area (Å²) in [6.07, 6.45) is 0.769. The first-order valence-corrected chi connectivity index (χ1v) is 7.42. The van der Waals surface area contributed by atoms with E-state index in [1.807, 2.05) is 24.3 Å². The fraction of sp³-hybridized carbons (Fsp3) is 0.625. The van der Waals surface area contributed by atoms with Gasteiger partial charge in [0.25, 0.3) is 0 Å². The van der Waals surface area contributed by atoms with E-state index in [4.69, 9.17) is 10.5 Å². The number of nitrogens with zero attached hydrogens (tertiary/aromatic N) is 1. The molecule has 112 valence electrons. The second-order valence-electron chi connectivity index (χ2n) is 5.96. The van der Waals surface area contributed by atoms with E-state index < -0.39 is 6.10 Å². The fourth-order valence-corrected chi connectivity index (χ4v) is 2.88. The Morgan fingerprint density at radius 1 is 1.35 bits per heavy atom. The van der Waals surface area contributed by atoms with Gasteiger partial charge in [0.05, 0.1) is 0 Å². The van der Waals surface area contributed by atoms with Gasteiger partial charge in [-0.25, -0.2) is 0 Å². The predicted octanol–water partition coefficient (Wildman–Crippen LogP) is 1.62. The van der Waals surface area contributed by atoms with Crippen LogP contribution in [-0.2, 0) is 6.54 Å². The maximum absolute atomic E-state index is 10.1. The lowest BCUT2D eigenvalue weighted by Gasteiger charge is -2.24. The molecule has 4 heteroatoms. The number of aliphatic hydroxyl groups excluding tert-OH is 1. The summed E-state index contributed by atoms with van der Waals surface area (Å²) in [5.74, 6) is 1.51. The number of β-amino-alcohol motifs (C(OH)–C–C–N with tert-alkyl or cyclic N) is 1. The van der Waals surface area contributed by atoms with Crippen molar-refractivity contribution in [2.75, 3.05) is 19.7 Å². The van der Waals surface area contributed by atoms with Crippen molar-refractivity contribution < 1.29 is 9.84 Å². The van der Waals surface area contributed by atoms with Crippen LogP contribution in [0.3, 0.4) is 0 Å². The average Bonchev–Trinajstić information content (AvgIpc) is 2.75. The van der Waals surface area contributed by atoms with Crippen molar-refractivity contribution in [2.24, 2.45) is 11.7 Å². The monoisotopic (exact) mass is 278 g/mol. The number of hydrogen-bond donors (Lipinski definition) is 2. The zero-order valence-electron chi connectivity index (χ0n) is 12.5. The quantitative estimate of drug-likeness (QED) is 0.830. The molecule has 1 aromatic rings. The van der Waals surface area contributed by atoms with Crippen LogP contribution in [0, 0.1) is 5.92 Å². The molecule has 1 heterocycles. The molecular weight excluding hydrogens is 252 g/mol. The van der Waals surface area contributed by atoms with Crippen LogP contribution in [0.5, 0.6) is 5.75 Å². The van der Waals surface area contributed by atoms with E-state index in [9.17, 15) is 5.11 Å². The molecule has 4 nitrogen and oxygen atoms in total. The normalized spacial score (nSPS) is 24.8. The lowest BCUT2D eigenvalue weighted by atomic mass is 10.1. The molecule has 1 fully saturated rings. The molecular formula is C16H26N2O2. The molecule has 0 aliphatic carbocycles. The van der Waals surface area contributed by atoms with Crippen LogP contribution < -0.4 is 10.5 Å². The number of rotatable bonds is 6. The SMILES string of the molecule is CC1CC(C)N(CC(O)COc2ccc(CN)cc2)C1. The van der Waals surface area contributed by atoms with E-state index in [-0.39, 0.29) is 0 Å². The van der Waals surface area contributed by atoms with E-state index in [1.165, 1.54) is 6.42 Å². The molecule has 0 bridgehead atoms. The van der Waals surface area contributed by atoms with Crippen LogP contribution in [0.1, 0.15) is 25.8 Å². The van der Waals surface area contributed by atoms with Crippen molar-refractivity contribution in [3.63, 3.8) is 0 Å². The van der Waals surface area contributed by atoms with E-state index in [0.717, 1.165) is 23.8 Å². The highest BCUT2D eigenvalue weighted by Gasteiger charge is 2.27. The van der Waals surface area contributed by atoms with Crippen LogP contribution in [0.25, 0.3) is 0 Å². The molecule has 0 saturated carbocycles. The minimum Gasteiger partial charge on any atom is -0.491 e. The molecule has 1 saturated heterocycles. The minimum absolute atomic E-state index is 0.333. The second kappa shape index (κ2) is 7.07. The summed E-state index contributed by atoms with van der Waals surface area (Å²) in [6, 6.07) is 8.26. The third kappa shape index (κ3) is 4.20. The summed E-state index contributed by atoms with van der Waals surface area (Å²) in [6.45, 7) is 7.12. The van der Waals surface area contributed by atoms with Crippen molar-refractivity contribution in [3.05, 3.63) is 29.8 Å². The molecule has 3 unspecified atom stereocenters.